The second-order valence-electron chi connectivity index (χ2n) is 6.04. The second kappa shape index (κ2) is 5.17. The number of carbonyl (C=O) groups excluding carboxylic acids is 2. The van der Waals surface area contributed by atoms with Crippen LogP contribution >= 0.6 is 0 Å². The maximum Gasteiger partial charge on any atom is 0.331 e. The van der Waals surface area contributed by atoms with E-state index in [1.165, 1.54) is 0 Å². The van der Waals surface area contributed by atoms with Crippen molar-refractivity contribution in [3.63, 3.8) is 0 Å². The van der Waals surface area contributed by atoms with Gasteiger partial charge in [0.1, 0.15) is 5.60 Å². The predicted molar refractivity (Wildman–Crippen MR) is 65.7 cm³/mol. The first-order chi connectivity index (χ1) is 7.70. The minimum absolute atomic E-state index is 0.0140. The Kier molecular flexibility index (Phi) is 4.31. The number of hydrogen-bond donors (Lipinski definition) is 0. The van der Waals surface area contributed by atoms with E-state index < -0.39 is 17.6 Å². The van der Waals surface area contributed by atoms with Crippen molar-refractivity contribution < 1.29 is 14.3 Å². The van der Waals surface area contributed by atoms with Crippen molar-refractivity contribution in [1.29, 1.82) is 0 Å². The number of ether oxygens (including phenoxy) is 1. The van der Waals surface area contributed by atoms with Gasteiger partial charge in [0.2, 0.25) is 0 Å². The Morgan fingerprint density at radius 1 is 1.47 bits per heavy atom. The minimum Gasteiger partial charge on any atom is -0.458 e. The Labute approximate surface area is 103 Å². The van der Waals surface area contributed by atoms with Crippen molar-refractivity contribution in [1.82, 2.24) is 4.90 Å². The molecule has 0 spiro atoms. The molecule has 17 heavy (non-hydrogen) atoms. The lowest BCUT2D eigenvalue weighted by atomic mass is 10.1. The van der Waals surface area contributed by atoms with Crippen LogP contribution in [0, 0.1) is 5.92 Å². The van der Waals surface area contributed by atoms with Gasteiger partial charge < -0.3 is 4.74 Å². The lowest BCUT2D eigenvalue weighted by Gasteiger charge is -2.27. The van der Waals surface area contributed by atoms with E-state index in [9.17, 15) is 9.59 Å². The number of hydrogen-bond acceptors (Lipinski definition) is 4. The third-order valence-corrected chi connectivity index (χ3v) is 2.55. The number of nitrogens with zero attached hydrogens (tertiary/aromatic N) is 1. The fourth-order valence-electron chi connectivity index (χ4n) is 2.03. The summed E-state index contributed by atoms with van der Waals surface area (Å²) in [7, 11) is 0. The molecule has 0 amide bonds. The summed E-state index contributed by atoms with van der Waals surface area (Å²) in [6.45, 7) is 11.0. The maximum absolute atomic E-state index is 12.0. The van der Waals surface area contributed by atoms with E-state index in [2.05, 4.69) is 13.8 Å². The molecule has 0 bridgehead atoms. The molecule has 1 atom stereocenters. The molecule has 1 aliphatic rings. The van der Waals surface area contributed by atoms with E-state index in [0.29, 0.717) is 18.9 Å². The van der Waals surface area contributed by atoms with Gasteiger partial charge >= 0.3 is 5.97 Å². The summed E-state index contributed by atoms with van der Waals surface area (Å²) in [5, 5.41) is 0. The molecule has 1 aliphatic heterocycles. The SMILES string of the molecule is CC(C)CN1CCC(=O)C1C(=O)OC(C)(C)C. The smallest absolute Gasteiger partial charge is 0.331 e. The summed E-state index contributed by atoms with van der Waals surface area (Å²) in [6, 6.07) is -0.684. The van der Waals surface area contributed by atoms with E-state index in [-0.39, 0.29) is 5.78 Å². The van der Waals surface area contributed by atoms with Gasteiger partial charge in [-0.25, -0.2) is 4.79 Å². The van der Waals surface area contributed by atoms with Crippen molar-refractivity contribution in [2.24, 2.45) is 5.92 Å². The summed E-state index contributed by atoms with van der Waals surface area (Å²) in [5.74, 6) is 0.0198. The molecule has 0 aliphatic carbocycles. The van der Waals surface area contributed by atoms with Gasteiger partial charge in [-0.3, -0.25) is 9.69 Å². The van der Waals surface area contributed by atoms with E-state index in [0.717, 1.165) is 6.54 Å². The topological polar surface area (TPSA) is 46.6 Å². The first-order valence-electron chi connectivity index (χ1n) is 6.20. The average Bonchev–Trinajstić information content (AvgIpc) is 2.42. The highest BCUT2D eigenvalue weighted by molar-refractivity contribution is 6.04. The van der Waals surface area contributed by atoms with Crippen LogP contribution < -0.4 is 0 Å². The molecule has 1 unspecified atom stereocenters. The monoisotopic (exact) mass is 241 g/mol. The van der Waals surface area contributed by atoms with Crippen molar-refractivity contribution in [2.75, 3.05) is 13.1 Å². The molecule has 1 saturated heterocycles. The molecule has 0 aromatic heterocycles. The standard InChI is InChI=1S/C13H23NO3/c1-9(2)8-14-7-6-10(15)11(14)12(16)17-13(3,4)5/h9,11H,6-8H2,1-5H3. The van der Waals surface area contributed by atoms with Crippen molar-refractivity contribution in [3.8, 4) is 0 Å². The quantitative estimate of drug-likeness (QED) is 0.556. The number of Topliss-reactive ketones (excluding diaryl/α,β-unsaturated/α-hetero) is 1. The molecule has 1 heterocycles. The van der Waals surface area contributed by atoms with Crippen LogP contribution in [-0.4, -0.2) is 41.4 Å². The Bertz CT molecular complexity index is 304. The highest BCUT2D eigenvalue weighted by Gasteiger charge is 2.40. The van der Waals surface area contributed by atoms with Crippen LogP contribution in [0.5, 0.6) is 0 Å². The van der Waals surface area contributed by atoms with Crippen molar-refractivity contribution in [3.05, 3.63) is 0 Å². The zero-order chi connectivity index (χ0) is 13.2. The summed E-state index contributed by atoms with van der Waals surface area (Å²) in [6.07, 6.45) is 0.455. The molecule has 1 rings (SSSR count). The molecule has 0 N–H and O–H groups in total. The molecule has 98 valence electrons. The van der Waals surface area contributed by atoms with Gasteiger partial charge in [0.15, 0.2) is 11.8 Å². The predicted octanol–water partition coefficient (Wildman–Crippen LogP) is 1.63. The van der Waals surface area contributed by atoms with Gasteiger partial charge in [0.25, 0.3) is 0 Å². The average molecular weight is 241 g/mol. The van der Waals surface area contributed by atoms with Crippen molar-refractivity contribution in [2.45, 2.75) is 52.7 Å². The van der Waals surface area contributed by atoms with Crippen LogP contribution in [0.3, 0.4) is 0 Å². The molecular weight excluding hydrogens is 218 g/mol. The summed E-state index contributed by atoms with van der Waals surface area (Å²) in [4.78, 5) is 25.7. The molecule has 1 fully saturated rings. The highest BCUT2D eigenvalue weighted by Crippen LogP contribution is 2.19. The van der Waals surface area contributed by atoms with Gasteiger partial charge in [0.05, 0.1) is 0 Å². The normalized spacial score (nSPS) is 22.2. The zero-order valence-corrected chi connectivity index (χ0v) is 11.4. The molecule has 0 aromatic carbocycles. The first kappa shape index (κ1) is 14.2. The number of esters is 1. The van der Waals surface area contributed by atoms with Crippen LogP contribution in [0.1, 0.15) is 41.0 Å². The van der Waals surface area contributed by atoms with Gasteiger partial charge in [-0.15, -0.1) is 0 Å². The van der Waals surface area contributed by atoms with Crippen LogP contribution in [0.15, 0.2) is 0 Å². The lowest BCUT2D eigenvalue weighted by molar-refractivity contribution is -0.161. The number of ketones is 1. The summed E-state index contributed by atoms with van der Waals surface area (Å²) < 4.78 is 5.30. The van der Waals surface area contributed by atoms with E-state index in [1.54, 1.807) is 0 Å². The molecule has 0 saturated carbocycles. The van der Waals surface area contributed by atoms with Crippen LogP contribution in [0.4, 0.5) is 0 Å². The highest BCUT2D eigenvalue weighted by atomic mass is 16.6. The Morgan fingerprint density at radius 3 is 2.53 bits per heavy atom. The van der Waals surface area contributed by atoms with E-state index in [1.807, 2.05) is 25.7 Å². The number of carbonyl (C=O) groups is 2. The summed E-state index contributed by atoms with van der Waals surface area (Å²) in [5.41, 5.74) is -0.538. The summed E-state index contributed by atoms with van der Waals surface area (Å²) >= 11 is 0. The van der Waals surface area contributed by atoms with Crippen LogP contribution in [0.2, 0.25) is 0 Å². The zero-order valence-electron chi connectivity index (χ0n) is 11.4. The molecule has 0 radical (unpaired) electrons. The maximum atomic E-state index is 12.0. The van der Waals surface area contributed by atoms with Gasteiger partial charge in [0, 0.05) is 19.5 Å². The Morgan fingerprint density at radius 2 is 2.06 bits per heavy atom. The number of likely N-dealkylation sites (tertiary alicyclic amines) is 1. The third-order valence-electron chi connectivity index (χ3n) is 2.55. The Hall–Kier alpha value is -0.900. The van der Waals surface area contributed by atoms with Crippen LogP contribution in [-0.2, 0) is 14.3 Å². The Balaban J connectivity index is 2.71. The second-order valence-corrected chi connectivity index (χ2v) is 6.04. The molecular formula is C13H23NO3. The van der Waals surface area contributed by atoms with Gasteiger partial charge in [-0.05, 0) is 26.7 Å². The third kappa shape index (κ3) is 4.11. The van der Waals surface area contributed by atoms with Crippen LogP contribution in [0.25, 0.3) is 0 Å². The number of rotatable bonds is 3. The minimum atomic E-state index is -0.684. The van der Waals surface area contributed by atoms with Gasteiger partial charge in [-0.2, -0.15) is 0 Å². The van der Waals surface area contributed by atoms with E-state index >= 15 is 0 Å². The van der Waals surface area contributed by atoms with Crippen molar-refractivity contribution >= 4 is 11.8 Å². The fourth-order valence-corrected chi connectivity index (χ4v) is 2.03. The molecule has 0 aromatic rings. The molecule has 4 heteroatoms. The van der Waals surface area contributed by atoms with E-state index in [4.69, 9.17) is 4.74 Å². The molecule has 4 nitrogen and oxygen atoms in total. The van der Waals surface area contributed by atoms with Gasteiger partial charge in [-0.1, -0.05) is 13.8 Å². The first-order valence-corrected chi connectivity index (χ1v) is 6.20. The fraction of sp³-hybridized carbons (Fsp3) is 0.846. The lowest BCUT2D eigenvalue weighted by Crippen LogP contribution is -2.45. The largest absolute Gasteiger partial charge is 0.458 e.